The van der Waals surface area contributed by atoms with Crippen molar-refractivity contribution >= 4 is 23.6 Å². The van der Waals surface area contributed by atoms with Crippen LogP contribution in [0.5, 0.6) is 0 Å². The second-order valence-electron chi connectivity index (χ2n) is 11.5. The van der Waals surface area contributed by atoms with Gasteiger partial charge in [0.15, 0.2) is 0 Å². The van der Waals surface area contributed by atoms with E-state index >= 15 is 0 Å². The average molecular weight is 577 g/mol. The Morgan fingerprint density at radius 1 is 1.22 bits per heavy atom. The van der Waals surface area contributed by atoms with Crippen molar-refractivity contribution in [1.82, 2.24) is 5.32 Å². The van der Waals surface area contributed by atoms with E-state index in [1.165, 1.54) is 20.1 Å². The molecule has 2 amide bonds. The van der Waals surface area contributed by atoms with Crippen molar-refractivity contribution in [2.45, 2.75) is 102 Å². The lowest BCUT2D eigenvalue weighted by atomic mass is 9.87. The van der Waals surface area contributed by atoms with Gasteiger partial charge in [0, 0.05) is 13.3 Å². The fourth-order valence-corrected chi connectivity index (χ4v) is 5.28. The molecule has 9 atom stereocenters. The quantitative estimate of drug-likeness (QED) is 0.0711. The van der Waals surface area contributed by atoms with E-state index in [4.69, 9.17) is 24.7 Å². The number of carbonyl (C=O) groups excluding carboxylic acids is 3. The van der Waals surface area contributed by atoms with Gasteiger partial charge in [0.25, 0.3) is 5.84 Å². The highest BCUT2D eigenvalue weighted by molar-refractivity contribution is 5.89. The molecule has 0 aromatic rings. The monoisotopic (exact) mass is 576 g/mol. The summed E-state index contributed by atoms with van der Waals surface area (Å²) in [6.45, 7) is 9.67. The minimum Gasteiger partial charge on any atom is -0.469 e. The number of amides is 2. The SMILES string of the molecule is COC(=O)C[C@@H]1C[C@@]2(CO2)[C@H](O)[C@@H](/C=C/C(C)=C/C[C@@H]2O[C@H](C)[C@H](NC(=O)/C=C\C(C)C(N)=[NH+]C(C)=O)C[C@@H]2C)O1. The van der Waals surface area contributed by atoms with Crippen molar-refractivity contribution in [3.63, 3.8) is 0 Å². The highest BCUT2D eigenvalue weighted by atomic mass is 16.6. The van der Waals surface area contributed by atoms with Crippen LogP contribution in [-0.4, -0.2) is 84.6 Å². The summed E-state index contributed by atoms with van der Waals surface area (Å²) in [5.41, 5.74) is 6.18. The summed E-state index contributed by atoms with van der Waals surface area (Å²) in [6, 6.07) is -0.129. The van der Waals surface area contributed by atoms with Gasteiger partial charge in [-0.2, -0.15) is 0 Å². The van der Waals surface area contributed by atoms with Gasteiger partial charge in [-0.05, 0) is 45.6 Å². The lowest BCUT2D eigenvalue weighted by Gasteiger charge is -2.39. The third kappa shape index (κ3) is 9.32. The number of rotatable bonds is 10. The van der Waals surface area contributed by atoms with Gasteiger partial charge >= 0.3 is 11.9 Å². The Morgan fingerprint density at radius 2 is 1.93 bits per heavy atom. The molecule has 1 spiro atoms. The predicted octanol–water partition coefficient (Wildman–Crippen LogP) is 0.204. The first-order valence-corrected chi connectivity index (χ1v) is 14.3. The molecule has 11 nitrogen and oxygen atoms in total. The molecule has 3 aliphatic heterocycles. The molecule has 3 saturated heterocycles. The number of methoxy groups -OCH3 is 1. The maximum Gasteiger partial charge on any atom is 0.308 e. The normalized spacial score (nSPS) is 35.0. The first kappa shape index (κ1) is 32.7. The zero-order valence-electron chi connectivity index (χ0n) is 24.9. The minimum atomic E-state index is -0.805. The summed E-state index contributed by atoms with van der Waals surface area (Å²) in [6.07, 6.45) is 9.01. The summed E-state index contributed by atoms with van der Waals surface area (Å²) < 4.78 is 22.6. The van der Waals surface area contributed by atoms with E-state index in [1.807, 2.05) is 26.0 Å². The Hall–Kier alpha value is -2.86. The topological polar surface area (TPSA) is 164 Å². The summed E-state index contributed by atoms with van der Waals surface area (Å²) >= 11 is 0. The van der Waals surface area contributed by atoms with Gasteiger partial charge in [-0.15, -0.1) is 0 Å². The van der Waals surface area contributed by atoms with Crippen molar-refractivity contribution < 1.29 is 43.4 Å². The molecular weight excluding hydrogens is 530 g/mol. The van der Waals surface area contributed by atoms with Gasteiger partial charge in [-0.3, -0.25) is 15.3 Å². The van der Waals surface area contributed by atoms with Crippen LogP contribution >= 0.6 is 0 Å². The molecule has 41 heavy (non-hydrogen) atoms. The lowest BCUT2D eigenvalue weighted by Crippen LogP contribution is -2.79. The Morgan fingerprint density at radius 3 is 2.56 bits per heavy atom. The van der Waals surface area contributed by atoms with Crippen molar-refractivity contribution in [3.05, 3.63) is 36.0 Å². The summed E-state index contributed by atoms with van der Waals surface area (Å²) in [5.74, 6) is -0.628. The second kappa shape index (κ2) is 14.4. The Labute approximate surface area is 242 Å². The minimum absolute atomic E-state index is 0.00629. The van der Waals surface area contributed by atoms with Crippen LogP contribution in [0.25, 0.3) is 0 Å². The van der Waals surface area contributed by atoms with Crippen molar-refractivity contribution in [2.24, 2.45) is 17.6 Å². The lowest BCUT2D eigenvalue weighted by molar-refractivity contribution is -0.378. The van der Waals surface area contributed by atoms with E-state index in [2.05, 4.69) is 23.3 Å². The number of aliphatic hydroxyl groups excluding tert-OH is 1. The molecule has 11 heteroatoms. The zero-order chi connectivity index (χ0) is 30.3. The molecule has 0 aliphatic carbocycles. The van der Waals surface area contributed by atoms with Crippen LogP contribution in [0.3, 0.4) is 0 Å². The zero-order valence-corrected chi connectivity index (χ0v) is 24.9. The number of amidine groups is 1. The smallest absolute Gasteiger partial charge is 0.308 e. The largest absolute Gasteiger partial charge is 0.469 e. The molecule has 0 radical (unpaired) electrons. The van der Waals surface area contributed by atoms with Crippen molar-refractivity contribution in [2.75, 3.05) is 13.7 Å². The number of ether oxygens (including phenoxy) is 4. The summed E-state index contributed by atoms with van der Waals surface area (Å²) in [4.78, 5) is 37.9. The van der Waals surface area contributed by atoms with Crippen LogP contribution in [0.15, 0.2) is 36.0 Å². The Kier molecular flexibility index (Phi) is 11.4. The third-order valence-electron chi connectivity index (χ3n) is 8.02. The molecule has 0 aromatic carbocycles. The van der Waals surface area contributed by atoms with Crippen LogP contribution in [0.4, 0.5) is 0 Å². The van der Waals surface area contributed by atoms with E-state index in [0.29, 0.717) is 19.4 Å². The average Bonchev–Trinajstić information content (AvgIpc) is 3.68. The fourth-order valence-electron chi connectivity index (χ4n) is 5.28. The summed E-state index contributed by atoms with van der Waals surface area (Å²) in [5, 5.41) is 13.8. The van der Waals surface area contributed by atoms with Crippen LogP contribution in [0.1, 0.15) is 60.3 Å². The maximum absolute atomic E-state index is 12.5. The molecule has 228 valence electrons. The fraction of sp³-hybridized carbons (Fsp3) is 0.667. The van der Waals surface area contributed by atoms with E-state index in [0.717, 1.165) is 12.0 Å². The van der Waals surface area contributed by atoms with Gasteiger partial charge in [0.1, 0.15) is 17.8 Å². The molecule has 0 aromatic heterocycles. The molecule has 0 saturated carbocycles. The molecule has 3 fully saturated rings. The van der Waals surface area contributed by atoms with Crippen LogP contribution < -0.4 is 16.0 Å². The van der Waals surface area contributed by atoms with E-state index < -0.39 is 17.8 Å². The maximum atomic E-state index is 12.5. The van der Waals surface area contributed by atoms with Gasteiger partial charge in [0.05, 0.1) is 50.4 Å². The molecule has 0 bridgehead atoms. The first-order valence-electron chi connectivity index (χ1n) is 14.3. The number of esters is 1. The standard InChI is InChI=1S/C30H45N3O8/c1-17(8-11-25-28(37)30(16-39-30)15-22(41-25)14-27(36)38-6)7-10-24-19(3)13-23(20(4)40-24)33-26(35)12-9-18(2)29(31)32-21(5)34/h7-9,11-12,18-20,22-25,28,37H,10,13-16H2,1-6H3,(H,33,35)(H2,31,32,34)/p+1/b11-8+,12-9-,17-7+/t18?,19-,20+,22+,23+,24-,25+,28+,30+/m0/s1. The number of nitrogens with two attached hydrogens (primary N) is 1. The van der Waals surface area contributed by atoms with Crippen molar-refractivity contribution in [3.8, 4) is 0 Å². The Balaban J connectivity index is 1.50. The van der Waals surface area contributed by atoms with E-state index in [-0.39, 0.29) is 66.2 Å². The van der Waals surface area contributed by atoms with Gasteiger partial charge in [-0.1, -0.05) is 36.8 Å². The number of hydrogen-bond acceptors (Lipinski definition) is 8. The molecule has 3 rings (SSSR count). The van der Waals surface area contributed by atoms with E-state index in [1.54, 1.807) is 13.0 Å². The highest BCUT2D eigenvalue weighted by Gasteiger charge is 2.58. The summed E-state index contributed by atoms with van der Waals surface area (Å²) in [7, 11) is 1.34. The Bertz CT molecular complexity index is 1080. The highest BCUT2D eigenvalue weighted by Crippen LogP contribution is 2.43. The second-order valence-corrected chi connectivity index (χ2v) is 11.5. The molecule has 1 unspecified atom stereocenters. The molecule has 3 aliphatic rings. The molecule has 3 heterocycles. The number of allylic oxidation sites excluding steroid dienone is 2. The van der Waals surface area contributed by atoms with Gasteiger partial charge in [0.2, 0.25) is 5.91 Å². The number of hydrogen-bond donors (Lipinski definition) is 4. The van der Waals surface area contributed by atoms with Crippen LogP contribution in [-0.2, 0) is 33.3 Å². The van der Waals surface area contributed by atoms with Crippen LogP contribution in [0.2, 0.25) is 0 Å². The number of aliphatic hydroxyl groups is 1. The third-order valence-corrected chi connectivity index (χ3v) is 8.02. The van der Waals surface area contributed by atoms with Crippen LogP contribution in [0, 0.1) is 11.8 Å². The first-order chi connectivity index (χ1) is 19.3. The predicted molar refractivity (Wildman–Crippen MR) is 151 cm³/mol. The number of epoxide rings is 1. The van der Waals surface area contributed by atoms with Crippen molar-refractivity contribution in [1.29, 1.82) is 0 Å². The number of nitrogens with one attached hydrogen (secondary N) is 2. The number of carbonyl (C=O) groups is 3. The van der Waals surface area contributed by atoms with E-state index in [9.17, 15) is 19.5 Å². The van der Waals surface area contributed by atoms with Gasteiger partial charge in [-0.25, -0.2) is 9.79 Å². The molecule has 5 N–H and O–H groups in total. The van der Waals surface area contributed by atoms with Gasteiger partial charge < -0.3 is 29.4 Å². The molecular formula is C30H46N3O8+.